The SMILES string of the molecule is CC(OCC[Si](C)(C)C)C1(C(C)OCC[Si](C)(C)C)CCc2[nH]nc(C(=O)O)c2C1. The van der Waals surface area contributed by atoms with E-state index in [1.54, 1.807) is 0 Å². The summed E-state index contributed by atoms with van der Waals surface area (Å²) in [6, 6.07) is 2.24. The third kappa shape index (κ3) is 6.51. The molecule has 0 saturated heterocycles. The molecule has 0 radical (unpaired) electrons. The van der Waals surface area contributed by atoms with Crippen LogP contribution in [0.1, 0.15) is 42.0 Å². The van der Waals surface area contributed by atoms with Gasteiger partial charge in [0.05, 0.1) is 12.2 Å². The monoisotopic (exact) mass is 454 g/mol. The number of carboxylic acids is 1. The van der Waals surface area contributed by atoms with Crippen LogP contribution in [0, 0.1) is 5.41 Å². The van der Waals surface area contributed by atoms with Crippen LogP contribution in [0.4, 0.5) is 0 Å². The Balaban J connectivity index is 2.23. The lowest BCUT2D eigenvalue weighted by atomic mass is 9.66. The quantitative estimate of drug-likeness (QED) is 0.456. The van der Waals surface area contributed by atoms with E-state index in [1.807, 2.05) is 0 Å². The average molecular weight is 455 g/mol. The maximum absolute atomic E-state index is 11.7. The fourth-order valence-corrected chi connectivity index (χ4v) is 5.65. The molecule has 1 aliphatic carbocycles. The number of aromatic amines is 1. The van der Waals surface area contributed by atoms with Crippen LogP contribution in [0.15, 0.2) is 0 Å². The number of aryl methyl sites for hydroxylation is 1. The molecule has 2 N–H and O–H groups in total. The zero-order valence-electron chi connectivity index (χ0n) is 20.2. The molecule has 30 heavy (non-hydrogen) atoms. The van der Waals surface area contributed by atoms with Crippen molar-refractivity contribution < 1.29 is 19.4 Å². The van der Waals surface area contributed by atoms with Gasteiger partial charge in [0.1, 0.15) is 0 Å². The maximum atomic E-state index is 11.7. The Kier molecular flexibility index (Phi) is 8.15. The van der Waals surface area contributed by atoms with Crippen molar-refractivity contribution in [3.63, 3.8) is 0 Å². The molecular formula is C22H42N2O4Si2. The normalized spacial score (nSPS) is 21.9. The molecule has 0 bridgehead atoms. The Morgan fingerprint density at radius 3 is 2.00 bits per heavy atom. The van der Waals surface area contributed by atoms with Crippen molar-refractivity contribution in [1.82, 2.24) is 10.2 Å². The molecule has 0 spiro atoms. The summed E-state index contributed by atoms with van der Waals surface area (Å²) in [4.78, 5) is 11.7. The van der Waals surface area contributed by atoms with Gasteiger partial charge in [-0.2, -0.15) is 5.10 Å². The van der Waals surface area contributed by atoms with E-state index in [9.17, 15) is 9.90 Å². The van der Waals surface area contributed by atoms with Crippen LogP contribution < -0.4 is 0 Å². The number of hydrogen-bond acceptors (Lipinski definition) is 4. The molecule has 2 unspecified atom stereocenters. The highest BCUT2D eigenvalue weighted by molar-refractivity contribution is 6.76. The molecule has 0 amide bonds. The average Bonchev–Trinajstić information content (AvgIpc) is 3.02. The largest absolute Gasteiger partial charge is 0.476 e. The minimum atomic E-state index is -1.18. The summed E-state index contributed by atoms with van der Waals surface area (Å²) >= 11 is 0. The molecule has 172 valence electrons. The zero-order valence-corrected chi connectivity index (χ0v) is 22.2. The second-order valence-corrected chi connectivity index (χ2v) is 22.6. The third-order valence-corrected chi connectivity index (χ3v) is 9.97. The first-order valence-electron chi connectivity index (χ1n) is 11.3. The first kappa shape index (κ1) is 25.3. The van der Waals surface area contributed by atoms with Gasteiger partial charge in [-0.1, -0.05) is 39.3 Å². The predicted molar refractivity (Wildman–Crippen MR) is 127 cm³/mol. The van der Waals surface area contributed by atoms with Crippen molar-refractivity contribution in [1.29, 1.82) is 0 Å². The lowest BCUT2D eigenvalue weighted by Crippen LogP contribution is -2.49. The van der Waals surface area contributed by atoms with Crippen molar-refractivity contribution >= 4 is 22.1 Å². The van der Waals surface area contributed by atoms with Gasteiger partial charge in [0.15, 0.2) is 5.69 Å². The number of aromatic carboxylic acids is 1. The number of H-pyrrole nitrogens is 1. The van der Waals surface area contributed by atoms with E-state index in [-0.39, 0.29) is 23.3 Å². The Labute approximate surface area is 184 Å². The maximum Gasteiger partial charge on any atom is 0.356 e. The molecule has 0 aromatic carbocycles. The van der Waals surface area contributed by atoms with E-state index in [0.717, 1.165) is 49.4 Å². The topological polar surface area (TPSA) is 84.4 Å². The molecule has 2 atom stereocenters. The van der Waals surface area contributed by atoms with Gasteiger partial charge in [-0.3, -0.25) is 5.10 Å². The van der Waals surface area contributed by atoms with Gasteiger partial charge >= 0.3 is 5.97 Å². The van der Waals surface area contributed by atoms with Crippen molar-refractivity contribution in [3.8, 4) is 0 Å². The number of nitrogens with zero attached hydrogens (tertiary/aromatic N) is 1. The summed E-state index contributed by atoms with van der Waals surface area (Å²) in [5.74, 6) is -0.970. The third-order valence-electron chi connectivity index (χ3n) is 6.56. The molecular weight excluding hydrogens is 412 g/mol. The van der Waals surface area contributed by atoms with Gasteiger partial charge in [0.2, 0.25) is 0 Å². The molecule has 1 aliphatic rings. The smallest absolute Gasteiger partial charge is 0.356 e. The number of rotatable bonds is 11. The Hall–Kier alpha value is -0.966. The van der Waals surface area contributed by atoms with E-state index in [4.69, 9.17) is 9.47 Å². The number of hydrogen-bond donors (Lipinski definition) is 2. The first-order valence-corrected chi connectivity index (χ1v) is 18.7. The van der Waals surface area contributed by atoms with Crippen LogP contribution in [-0.2, 0) is 22.3 Å². The highest BCUT2D eigenvalue weighted by Crippen LogP contribution is 2.44. The zero-order chi connectivity index (χ0) is 22.7. The number of carboxylic acid groups (broad SMARTS) is 1. The van der Waals surface area contributed by atoms with Gasteiger partial charge in [-0.25, -0.2) is 4.79 Å². The lowest BCUT2D eigenvalue weighted by molar-refractivity contribution is -0.116. The van der Waals surface area contributed by atoms with Crippen molar-refractivity contribution in [2.75, 3.05) is 13.2 Å². The van der Waals surface area contributed by atoms with Gasteiger partial charge in [0.25, 0.3) is 0 Å². The number of fused-ring (bicyclic) bond motifs is 1. The van der Waals surface area contributed by atoms with E-state index in [0.29, 0.717) is 6.42 Å². The molecule has 2 rings (SSSR count). The van der Waals surface area contributed by atoms with Gasteiger partial charge in [-0.15, -0.1) is 0 Å². The van der Waals surface area contributed by atoms with E-state index in [1.165, 1.54) is 0 Å². The summed E-state index contributed by atoms with van der Waals surface area (Å²) in [5, 5.41) is 16.6. The minimum Gasteiger partial charge on any atom is -0.476 e. The number of carbonyl (C=O) groups is 1. The number of nitrogens with one attached hydrogen (secondary N) is 1. The van der Waals surface area contributed by atoms with Gasteiger partial charge in [0, 0.05) is 46.0 Å². The van der Waals surface area contributed by atoms with Crippen LogP contribution in [0.3, 0.4) is 0 Å². The van der Waals surface area contributed by atoms with Crippen molar-refractivity contribution in [3.05, 3.63) is 17.0 Å². The number of aromatic nitrogens is 2. The summed E-state index contributed by atoms with van der Waals surface area (Å²) < 4.78 is 12.8. The van der Waals surface area contributed by atoms with Crippen molar-refractivity contribution in [2.24, 2.45) is 5.41 Å². The summed E-state index contributed by atoms with van der Waals surface area (Å²) in [7, 11) is -2.36. The highest BCUT2D eigenvalue weighted by atomic mass is 28.3. The van der Waals surface area contributed by atoms with E-state index in [2.05, 4.69) is 63.3 Å². The molecule has 1 aromatic rings. The van der Waals surface area contributed by atoms with Gasteiger partial charge in [-0.05, 0) is 45.2 Å². The minimum absolute atomic E-state index is 0.0135. The molecule has 6 nitrogen and oxygen atoms in total. The summed E-state index contributed by atoms with van der Waals surface area (Å²) in [6.45, 7) is 19.9. The van der Waals surface area contributed by atoms with Crippen LogP contribution in [0.2, 0.25) is 51.4 Å². The van der Waals surface area contributed by atoms with Crippen LogP contribution in [0.5, 0.6) is 0 Å². The van der Waals surface area contributed by atoms with Crippen LogP contribution >= 0.6 is 0 Å². The molecule has 0 aliphatic heterocycles. The Bertz CT molecular complexity index is 696. The molecule has 0 saturated carbocycles. The first-order chi connectivity index (χ1) is 13.8. The summed E-state index contributed by atoms with van der Waals surface area (Å²) in [5.41, 5.74) is 1.68. The van der Waals surface area contributed by atoms with Crippen molar-refractivity contribution in [2.45, 2.75) is 96.7 Å². The lowest BCUT2D eigenvalue weighted by Gasteiger charge is -2.46. The van der Waals surface area contributed by atoms with E-state index < -0.39 is 22.1 Å². The molecule has 8 heteroatoms. The number of ether oxygens (including phenoxy) is 2. The fourth-order valence-electron chi connectivity index (χ4n) is 4.19. The predicted octanol–water partition coefficient (Wildman–Crippen LogP) is 5.07. The summed E-state index contributed by atoms with van der Waals surface area (Å²) in [6.07, 6.45) is 2.28. The Morgan fingerprint density at radius 2 is 1.57 bits per heavy atom. The van der Waals surface area contributed by atoms with Gasteiger partial charge < -0.3 is 14.6 Å². The van der Waals surface area contributed by atoms with Crippen LogP contribution in [0.25, 0.3) is 0 Å². The Morgan fingerprint density at radius 1 is 1.07 bits per heavy atom. The van der Waals surface area contributed by atoms with E-state index >= 15 is 0 Å². The molecule has 1 heterocycles. The second-order valence-electron chi connectivity index (χ2n) is 11.4. The standard InChI is InChI=1S/C22H42N2O4Si2/c1-16(27-11-13-29(3,4)5)22(17(2)28-12-14-30(6,7)8)10-9-19-18(15-22)20(21(25)26)24-23-19/h16-17H,9-15H2,1-8H3,(H,23,24)(H,25,26). The molecule has 1 aromatic heterocycles. The fraction of sp³-hybridized carbons (Fsp3) is 0.818. The highest BCUT2D eigenvalue weighted by Gasteiger charge is 2.47. The molecule has 0 fully saturated rings. The van der Waals surface area contributed by atoms with Crippen LogP contribution in [-0.4, -0.2) is 62.8 Å². The second kappa shape index (κ2) is 9.67.